The fourth-order valence-corrected chi connectivity index (χ4v) is 2.36. The van der Waals surface area contributed by atoms with Gasteiger partial charge in [-0.15, -0.1) is 11.6 Å². The molecule has 0 N–H and O–H groups in total. The van der Waals surface area contributed by atoms with E-state index in [4.69, 9.17) is 34.8 Å². The molecule has 0 bridgehead atoms. The number of alkyl halides is 1. The molecule has 5 heteroatoms. The summed E-state index contributed by atoms with van der Waals surface area (Å²) in [6, 6.07) is 4.86. The van der Waals surface area contributed by atoms with Crippen molar-refractivity contribution in [2.75, 3.05) is 19.0 Å². The lowest BCUT2D eigenvalue weighted by Gasteiger charge is -2.21. The summed E-state index contributed by atoms with van der Waals surface area (Å²) in [5, 5.41) is 0.930. The van der Waals surface area contributed by atoms with E-state index in [0.717, 1.165) is 12.8 Å². The zero-order valence-electron chi connectivity index (χ0n) is 10.3. The van der Waals surface area contributed by atoms with Gasteiger partial charge in [-0.05, 0) is 24.6 Å². The van der Waals surface area contributed by atoms with Crippen molar-refractivity contribution in [3.05, 3.63) is 33.8 Å². The van der Waals surface area contributed by atoms with Crippen LogP contribution in [-0.4, -0.2) is 29.8 Å². The van der Waals surface area contributed by atoms with Gasteiger partial charge in [0.1, 0.15) is 0 Å². The summed E-state index contributed by atoms with van der Waals surface area (Å²) >= 11 is 17.5. The summed E-state index contributed by atoms with van der Waals surface area (Å²) in [5.74, 6) is 0.345. The summed E-state index contributed by atoms with van der Waals surface area (Å²) in [4.78, 5) is 14.0. The van der Waals surface area contributed by atoms with Gasteiger partial charge in [0, 0.05) is 34.6 Å². The average molecular weight is 309 g/mol. The van der Waals surface area contributed by atoms with Crippen LogP contribution in [0.2, 0.25) is 10.0 Å². The van der Waals surface area contributed by atoms with Crippen molar-refractivity contribution < 1.29 is 4.79 Å². The highest BCUT2D eigenvalue weighted by Crippen LogP contribution is 2.20. The maximum Gasteiger partial charge on any atom is 0.253 e. The van der Waals surface area contributed by atoms with Crippen LogP contribution in [0.1, 0.15) is 30.1 Å². The largest absolute Gasteiger partial charge is 0.337 e. The maximum atomic E-state index is 12.3. The quantitative estimate of drug-likeness (QED) is 0.710. The molecule has 1 rings (SSSR count). The van der Waals surface area contributed by atoms with Crippen molar-refractivity contribution in [1.82, 2.24) is 4.90 Å². The van der Waals surface area contributed by atoms with Crippen LogP contribution in [0.5, 0.6) is 0 Å². The van der Waals surface area contributed by atoms with Crippen molar-refractivity contribution in [2.24, 2.45) is 0 Å². The van der Waals surface area contributed by atoms with E-state index in [9.17, 15) is 4.79 Å². The number of carbonyl (C=O) groups excluding carboxylic acids is 1. The van der Waals surface area contributed by atoms with Gasteiger partial charge in [-0.2, -0.15) is 0 Å². The van der Waals surface area contributed by atoms with Crippen LogP contribution in [0.25, 0.3) is 0 Å². The third kappa shape index (κ3) is 4.68. The Balaban J connectivity index is 2.86. The van der Waals surface area contributed by atoms with Gasteiger partial charge in [0.05, 0.1) is 0 Å². The third-order valence-electron chi connectivity index (χ3n) is 2.53. The minimum absolute atomic E-state index is 0.0755. The second kappa shape index (κ2) is 7.88. The van der Waals surface area contributed by atoms with Gasteiger partial charge < -0.3 is 4.90 Å². The molecule has 0 aliphatic rings. The second-order valence-corrected chi connectivity index (χ2v) is 5.24. The topological polar surface area (TPSA) is 20.3 Å². The van der Waals surface area contributed by atoms with Crippen LogP contribution in [0, 0.1) is 0 Å². The summed E-state index contributed by atoms with van der Waals surface area (Å²) in [6.07, 6.45) is 1.99. The van der Waals surface area contributed by atoms with Crippen molar-refractivity contribution in [1.29, 1.82) is 0 Å². The molecule has 1 amide bonds. The molecule has 100 valence electrons. The summed E-state index contributed by atoms with van der Waals surface area (Å²) in [7, 11) is 0. The van der Waals surface area contributed by atoms with Gasteiger partial charge in [0.2, 0.25) is 0 Å². The minimum Gasteiger partial charge on any atom is -0.337 e. The van der Waals surface area contributed by atoms with E-state index >= 15 is 0 Å². The van der Waals surface area contributed by atoms with E-state index in [2.05, 4.69) is 6.92 Å². The molecule has 1 aromatic rings. The Morgan fingerprint density at radius 1 is 1.17 bits per heavy atom. The molecule has 0 radical (unpaired) electrons. The van der Waals surface area contributed by atoms with E-state index in [1.165, 1.54) is 0 Å². The predicted molar refractivity (Wildman–Crippen MR) is 78.0 cm³/mol. The normalized spacial score (nSPS) is 10.4. The lowest BCUT2D eigenvalue weighted by atomic mass is 10.2. The number of carbonyl (C=O) groups is 1. The number of halogens is 3. The fraction of sp³-hybridized carbons (Fsp3) is 0.462. The van der Waals surface area contributed by atoms with Crippen LogP contribution in [0.3, 0.4) is 0 Å². The van der Waals surface area contributed by atoms with Crippen LogP contribution < -0.4 is 0 Å². The van der Waals surface area contributed by atoms with Crippen molar-refractivity contribution in [2.45, 2.75) is 19.8 Å². The first-order chi connectivity index (χ1) is 8.58. The Kier molecular flexibility index (Phi) is 6.83. The molecular weight excluding hydrogens is 293 g/mol. The molecule has 0 aromatic heterocycles. The van der Waals surface area contributed by atoms with Crippen LogP contribution in [0.4, 0.5) is 0 Å². The Bertz CT molecular complexity index is 389. The molecule has 0 fully saturated rings. The van der Waals surface area contributed by atoms with E-state index in [0.29, 0.717) is 34.6 Å². The first kappa shape index (κ1) is 15.6. The summed E-state index contributed by atoms with van der Waals surface area (Å²) in [5.41, 5.74) is 0.508. The third-order valence-corrected chi connectivity index (χ3v) is 3.14. The minimum atomic E-state index is -0.0755. The highest BCUT2D eigenvalue weighted by molar-refractivity contribution is 6.35. The number of unbranched alkanes of at least 4 members (excludes halogenated alkanes) is 1. The zero-order chi connectivity index (χ0) is 13.5. The molecule has 0 spiro atoms. The molecule has 0 heterocycles. The lowest BCUT2D eigenvalue weighted by Crippen LogP contribution is -2.33. The van der Waals surface area contributed by atoms with Gasteiger partial charge >= 0.3 is 0 Å². The Labute approximate surface area is 123 Å². The maximum absolute atomic E-state index is 12.3. The van der Waals surface area contributed by atoms with Gasteiger partial charge in [0.15, 0.2) is 0 Å². The highest BCUT2D eigenvalue weighted by Gasteiger charge is 2.15. The van der Waals surface area contributed by atoms with Crippen LogP contribution >= 0.6 is 34.8 Å². The number of benzene rings is 1. The molecule has 0 saturated heterocycles. The number of amides is 1. The first-order valence-corrected chi connectivity index (χ1v) is 7.19. The Hall–Kier alpha value is -0.440. The number of hydrogen-bond acceptors (Lipinski definition) is 1. The van der Waals surface area contributed by atoms with Gasteiger partial charge in [-0.1, -0.05) is 36.5 Å². The molecule has 0 aliphatic carbocycles. The molecule has 0 unspecified atom stereocenters. The van der Waals surface area contributed by atoms with E-state index in [1.807, 2.05) is 0 Å². The van der Waals surface area contributed by atoms with Crippen molar-refractivity contribution in [3.8, 4) is 0 Å². The Morgan fingerprint density at radius 3 is 2.28 bits per heavy atom. The molecule has 1 aromatic carbocycles. The molecule has 2 nitrogen and oxygen atoms in total. The molecule has 0 aliphatic heterocycles. The smallest absolute Gasteiger partial charge is 0.253 e. The fourth-order valence-electron chi connectivity index (χ4n) is 1.63. The molecular formula is C13H16Cl3NO. The first-order valence-electron chi connectivity index (χ1n) is 5.89. The number of rotatable bonds is 6. The lowest BCUT2D eigenvalue weighted by molar-refractivity contribution is 0.0763. The zero-order valence-corrected chi connectivity index (χ0v) is 12.5. The predicted octanol–water partition coefficient (Wildman–Crippen LogP) is 4.47. The van der Waals surface area contributed by atoms with E-state index < -0.39 is 0 Å². The summed E-state index contributed by atoms with van der Waals surface area (Å²) < 4.78 is 0. The van der Waals surface area contributed by atoms with Crippen molar-refractivity contribution in [3.63, 3.8) is 0 Å². The van der Waals surface area contributed by atoms with Crippen LogP contribution in [-0.2, 0) is 0 Å². The molecule has 18 heavy (non-hydrogen) atoms. The SMILES string of the molecule is CCCCN(CCCl)C(=O)c1cc(Cl)cc(Cl)c1. The monoisotopic (exact) mass is 307 g/mol. The van der Waals surface area contributed by atoms with Crippen molar-refractivity contribution >= 4 is 40.7 Å². The molecule has 0 saturated carbocycles. The number of nitrogens with zero attached hydrogens (tertiary/aromatic N) is 1. The van der Waals surface area contributed by atoms with Gasteiger partial charge in [-0.25, -0.2) is 0 Å². The van der Waals surface area contributed by atoms with Gasteiger partial charge in [0.25, 0.3) is 5.91 Å². The molecule has 0 atom stereocenters. The standard InChI is InChI=1S/C13H16Cl3NO/c1-2-3-5-17(6-4-14)13(18)10-7-11(15)9-12(16)8-10/h7-9H,2-6H2,1H3. The average Bonchev–Trinajstić information content (AvgIpc) is 2.32. The Morgan fingerprint density at radius 2 is 1.78 bits per heavy atom. The summed E-state index contributed by atoms with van der Waals surface area (Å²) in [6.45, 7) is 3.32. The van der Waals surface area contributed by atoms with Crippen LogP contribution in [0.15, 0.2) is 18.2 Å². The second-order valence-electron chi connectivity index (χ2n) is 3.99. The number of hydrogen-bond donors (Lipinski definition) is 0. The van der Waals surface area contributed by atoms with E-state index in [1.54, 1.807) is 23.1 Å². The highest BCUT2D eigenvalue weighted by atomic mass is 35.5. The van der Waals surface area contributed by atoms with Gasteiger partial charge in [-0.3, -0.25) is 4.79 Å². The van der Waals surface area contributed by atoms with E-state index in [-0.39, 0.29) is 5.91 Å².